The summed E-state index contributed by atoms with van der Waals surface area (Å²) in [6.45, 7) is 3.05. The smallest absolute Gasteiger partial charge is 0.140 e. The number of fused-ring (bicyclic) bond motifs is 5. The fraction of sp³-hybridized carbons (Fsp3) is 0.737. The van der Waals surface area contributed by atoms with Crippen molar-refractivity contribution >= 4 is 5.78 Å². The quantitative estimate of drug-likeness (QED) is 0.748. The number of allylic oxidation sites excluding steroid dienone is 4. The molecule has 2 nitrogen and oxygen atoms in total. The molecule has 5 atom stereocenters. The van der Waals surface area contributed by atoms with Gasteiger partial charge in [-0.25, -0.2) is 0 Å². The van der Waals surface area contributed by atoms with Crippen LogP contribution in [0.1, 0.15) is 51.9 Å². The summed E-state index contributed by atoms with van der Waals surface area (Å²) in [7, 11) is 0. The lowest BCUT2D eigenvalue weighted by Crippen LogP contribution is -2.52. The predicted octanol–water partition coefficient (Wildman–Crippen LogP) is 3.62. The van der Waals surface area contributed by atoms with Crippen molar-refractivity contribution in [2.24, 2.45) is 34.3 Å². The normalized spacial score (nSPS) is 48.4. The van der Waals surface area contributed by atoms with E-state index in [9.17, 15) is 4.79 Å². The Balaban J connectivity index is 1.72. The second kappa shape index (κ2) is 4.55. The lowest BCUT2D eigenvalue weighted by molar-refractivity contribution is -0.132. The van der Waals surface area contributed by atoms with Crippen LogP contribution in [0.25, 0.3) is 0 Å². The molecule has 0 saturated heterocycles. The molecule has 0 aromatic rings. The van der Waals surface area contributed by atoms with Crippen molar-refractivity contribution in [3.05, 3.63) is 23.8 Å². The first-order chi connectivity index (χ1) is 10.1. The van der Waals surface area contributed by atoms with Crippen molar-refractivity contribution < 1.29 is 4.79 Å². The first-order valence-corrected chi connectivity index (χ1v) is 8.70. The van der Waals surface area contributed by atoms with Crippen molar-refractivity contribution in [1.82, 2.24) is 0 Å². The van der Waals surface area contributed by atoms with Crippen LogP contribution in [0, 0.1) is 28.6 Å². The Hall–Kier alpha value is -0.890. The van der Waals surface area contributed by atoms with Gasteiger partial charge in [0.2, 0.25) is 0 Å². The standard InChI is InChI=1S/C19H27NO/c1-18-10-3-2-4-13(18)5-6-14-15(18)9-11-19(12-20)16(14)7-8-17(19)21/h2-3,5,14-16H,4,6-12,20H2,1H3/t14-,15+,16+,18+,19-/m1/s1. The minimum absolute atomic E-state index is 0.159. The Labute approximate surface area is 127 Å². The van der Waals surface area contributed by atoms with Crippen LogP contribution in [-0.4, -0.2) is 12.3 Å². The lowest BCUT2D eigenvalue weighted by Gasteiger charge is -2.56. The number of nitrogens with two attached hydrogens (primary N) is 1. The van der Waals surface area contributed by atoms with Crippen molar-refractivity contribution in [3.8, 4) is 0 Å². The van der Waals surface area contributed by atoms with Crippen LogP contribution in [0.5, 0.6) is 0 Å². The predicted molar refractivity (Wildman–Crippen MR) is 84.6 cm³/mol. The van der Waals surface area contributed by atoms with E-state index in [-0.39, 0.29) is 5.41 Å². The summed E-state index contributed by atoms with van der Waals surface area (Å²) in [6, 6.07) is 0. The van der Waals surface area contributed by atoms with Gasteiger partial charge >= 0.3 is 0 Å². The first-order valence-electron chi connectivity index (χ1n) is 8.70. The van der Waals surface area contributed by atoms with Gasteiger partial charge in [-0.1, -0.05) is 30.7 Å². The summed E-state index contributed by atoms with van der Waals surface area (Å²) in [6.07, 6.45) is 14.9. The molecule has 0 amide bonds. The Morgan fingerprint density at radius 1 is 1.29 bits per heavy atom. The van der Waals surface area contributed by atoms with Crippen LogP contribution in [0.4, 0.5) is 0 Å². The Morgan fingerprint density at radius 3 is 2.95 bits per heavy atom. The highest BCUT2D eigenvalue weighted by atomic mass is 16.1. The number of carbonyl (C=O) groups is 1. The molecule has 2 heteroatoms. The molecule has 0 radical (unpaired) electrons. The highest BCUT2D eigenvalue weighted by Crippen LogP contribution is 2.63. The van der Waals surface area contributed by atoms with Gasteiger partial charge < -0.3 is 5.73 Å². The average molecular weight is 285 g/mol. The van der Waals surface area contributed by atoms with Crippen LogP contribution in [0.15, 0.2) is 23.8 Å². The zero-order chi connectivity index (χ0) is 14.7. The van der Waals surface area contributed by atoms with Crippen molar-refractivity contribution in [1.29, 1.82) is 0 Å². The summed E-state index contributed by atoms with van der Waals surface area (Å²) < 4.78 is 0. The fourth-order valence-corrected chi connectivity index (χ4v) is 6.25. The third-order valence-electron chi connectivity index (χ3n) is 7.48. The molecule has 0 unspecified atom stereocenters. The van der Waals surface area contributed by atoms with Gasteiger partial charge in [-0.3, -0.25) is 4.79 Å². The SMILES string of the molecule is C[C@]12CC=CCC1=CC[C@H]1[C@@H]3CCC(=O)[C@@]3(CN)CC[C@@H]12. The molecule has 0 aromatic carbocycles. The van der Waals surface area contributed by atoms with E-state index in [0.717, 1.165) is 31.6 Å². The van der Waals surface area contributed by atoms with Gasteiger partial charge in [0.15, 0.2) is 0 Å². The third kappa shape index (κ3) is 1.66. The summed E-state index contributed by atoms with van der Waals surface area (Å²) in [5.74, 6) is 2.47. The molecule has 21 heavy (non-hydrogen) atoms. The summed E-state index contributed by atoms with van der Waals surface area (Å²) in [4.78, 5) is 12.5. The van der Waals surface area contributed by atoms with Gasteiger partial charge in [0.1, 0.15) is 5.78 Å². The monoisotopic (exact) mass is 285 g/mol. The minimum atomic E-state index is -0.159. The van der Waals surface area contributed by atoms with E-state index in [0.29, 0.717) is 29.6 Å². The number of carbonyl (C=O) groups excluding carboxylic acids is 1. The molecule has 0 heterocycles. The van der Waals surface area contributed by atoms with E-state index >= 15 is 0 Å². The highest BCUT2D eigenvalue weighted by Gasteiger charge is 2.59. The number of Topliss-reactive ketones (excluding diaryl/α,β-unsaturated/α-hetero) is 1. The molecule has 4 aliphatic rings. The second-order valence-corrected chi connectivity index (χ2v) is 8.00. The maximum Gasteiger partial charge on any atom is 0.140 e. The molecule has 0 aromatic heterocycles. The van der Waals surface area contributed by atoms with E-state index in [1.54, 1.807) is 5.57 Å². The van der Waals surface area contributed by atoms with Crippen molar-refractivity contribution in [2.75, 3.05) is 6.54 Å². The molecular formula is C19H27NO. The van der Waals surface area contributed by atoms with Crippen LogP contribution in [0.2, 0.25) is 0 Å². The van der Waals surface area contributed by atoms with Crippen LogP contribution in [-0.2, 0) is 4.79 Å². The zero-order valence-corrected chi connectivity index (χ0v) is 13.1. The molecule has 0 aliphatic heterocycles. The first kappa shape index (κ1) is 13.8. The number of rotatable bonds is 1. The summed E-state index contributed by atoms with van der Waals surface area (Å²) in [5.41, 5.74) is 7.96. The van der Waals surface area contributed by atoms with E-state index in [2.05, 4.69) is 25.2 Å². The molecule has 0 bridgehead atoms. The largest absolute Gasteiger partial charge is 0.329 e. The Kier molecular flexibility index (Phi) is 2.98. The van der Waals surface area contributed by atoms with Gasteiger partial charge in [-0.2, -0.15) is 0 Å². The number of hydrogen-bond acceptors (Lipinski definition) is 2. The van der Waals surface area contributed by atoms with Gasteiger partial charge in [-0.15, -0.1) is 0 Å². The molecule has 0 spiro atoms. The molecule has 4 rings (SSSR count). The van der Waals surface area contributed by atoms with Gasteiger partial charge in [0.05, 0.1) is 0 Å². The molecule has 4 aliphatic carbocycles. The average Bonchev–Trinajstić information content (AvgIpc) is 2.84. The van der Waals surface area contributed by atoms with Crippen LogP contribution < -0.4 is 5.73 Å². The van der Waals surface area contributed by atoms with Crippen molar-refractivity contribution in [3.63, 3.8) is 0 Å². The summed E-state index contributed by atoms with van der Waals surface area (Å²) >= 11 is 0. The van der Waals surface area contributed by atoms with E-state index in [1.165, 1.54) is 19.3 Å². The van der Waals surface area contributed by atoms with Gasteiger partial charge in [0.25, 0.3) is 0 Å². The van der Waals surface area contributed by atoms with Gasteiger partial charge in [0, 0.05) is 18.4 Å². The second-order valence-electron chi connectivity index (χ2n) is 8.00. The molecule has 2 N–H and O–H groups in total. The Morgan fingerprint density at radius 2 is 2.14 bits per heavy atom. The fourth-order valence-electron chi connectivity index (χ4n) is 6.25. The number of hydrogen-bond donors (Lipinski definition) is 1. The molecule has 114 valence electrons. The third-order valence-corrected chi connectivity index (χ3v) is 7.48. The van der Waals surface area contributed by atoms with Crippen LogP contribution in [0.3, 0.4) is 0 Å². The zero-order valence-electron chi connectivity index (χ0n) is 13.1. The van der Waals surface area contributed by atoms with Gasteiger partial charge in [-0.05, 0) is 61.7 Å². The van der Waals surface area contributed by atoms with E-state index < -0.39 is 0 Å². The van der Waals surface area contributed by atoms with Crippen LogP contribution >= 0.6 is 0 Å². The molecule has 2 saturated carbocycles. The highest BCUT2D eigenvalue weighted by molar-refractivity contribution is 5.87. The van der Waals surface area contributed by atoms with E-state index in [1.807, 2.05) is 0 Å². The minimum Gasteiger partial charge on any atom is -0.329 e. The van der Waals surface area contributed by atoms with E-state index in [4.69, 9.17) is 5.73 Å². The number of ketones is 1. The topological polar surface area (TPSA) is 43.1 Å². The summed E-state index contributed by atoms with van der Waals surface area (Å²) in [5, 5.41) is 0. The molecule has 2 fully saturated rings. The molecular weight excluding hydrogens is 258 g/mol. The maximum absolute atomic E-state index is 12.5. The lowest BCUT2D eigenvalue weighted by atomic mass is 9.48. The maximum atomic E-state index is 12.5. The van der Waals surface area contributed by atoms with Crippen molar-refractivity contribution in [2.45, 2.75) is 51.9 Å². The Bertz CT molecular complexity index is 534.